The van der Waals surface area contributed by atoms with Crippen molar-refractivity contribution >= 4 is 11.9 Å². The third-order valence-electron chi connectivity index (χ3n) is 2.59. The van der Waals surface area contributed by atoms with Crippen molar-refractivity contribution in [1.29, 1.82) is 0 Å². The van der Waals surface area contributed by atoms with Gasteiger partial charge in [-0.2, -0.15) is 0 Å². The number of carbonyl (C=O) groups excluding carboxylic acids is 1. The molecular weight excluding hydrogens is 252 g/mol. The van der Waals surface area contributed by atoms with Crippen LogP contribution in [0.2, 0.25) is 0 Å². The van der Waals surface area contributed by atoms with E-state index in [1.54, 1.807) is 0 Å². The Hall–Kier alpha value is -1.28. The van der Waals surface area contributed by atoms with Crippen LogP contribution in [0.25, 0.3) is 0 Å². The number of carbonyl (C=O) groups is 2. The van der Waals surface area contributed by atoms with Crippen molar-refractivity contribution in [1.82, 2.24) is 4.90 Å². The van der Waals surface area contributed by atoms with E-state index in [2.05, 4.69) is 4.74 Å². The number of carboxylic acid groups (broad SMARTS) is 1. The Kier molecular flexibility index (Phi) is 5.42. The van der Waals surface area contributed by atoms with Gasteiger partial charge < -0.3 is 19.8 Å². The minimum atomic E-state index is -2.60. The van der Waals surface area contributed by atoms with E-state index in [1.165, 1.54) is 0 Å². The van der Waals surface area contributed by atoms with Gasteiger partial charge >= 0.3 is 5.97 Å². The first-order valence-electron chi connectivity index (χ1n) is 5.48. The maximum atomic E-state index is 11.7. The van der Waals surface area contributed by atoms with Gasteiger partial charge in [-0.3, -0.25) is 4.79 Å². The van der Waals surface area contributed by atoms with E-state index in [-0.39, 0.29) is 26.0 Å². The van der Waals surface area contributed by atoms with Crippen LogP contribution >= 0.6 is 0 Å². The molecule has 1 rings (SSSR count). The highest BCUT2D eigenvalue weighted by molar-refractivity contribution is 5.84. The number of amides is 1. The van der Waals surface area contributed by atoms with Crippen LogP contribution < -0.4 is 0 Å². The second kappa shape index (κ2) is 6.60. The van der Waals surface area contributed by atoms with Gasteiger partial charge in [0.05, 0.1) is 19.1 Å². The maximum absolute atomic E-state index is 11.7. The molecule has 0 aromatic rings. The molecule has 1 amide bonds. The first-order chi connectivity index (χ1) is 8.41. The smallest absolute Gasteiger partial charge is 0.326 e. The van der Waals surface area contributed by atoms with E-state index in [0.29, 0.717) is 0 Å². The van der Waals surface area contributed by atoms with Gasteiger partial charge in [-0.05, 0) is 0 Å². The van der Waals surface area contributed by atoms with Crippen LogP contribution in [0.1, 0.15) is 12.8 Å². The summed E-state index contributed by atoms with van der Waals surface area (Å²) in [5.41, 5.74) is 0. The van der Waals surface area contributed by atoms with E-state index >= 15 is 0 Å². The molecule has 104 valence electrons. The largest absolute Gasteiger partial charge is 0.480 e. The molecule has 0 aromatic carbocycles. The number of aliphatic carboxylic acids is 1. The number of likely N-dealkylation sites (tertiary alicyclic amines) is 1. The highest BCUT2D eigenvalue weighted by Crippen LogP contribution is 2.19. The van der Waals surface area contributed by atoms with Crippen molar-refractivity contribution in [2.24, 2.45) is 0 Å². The fourth-order valence-corrected chi connectivity index (χ4v) is 1.80. The number of halogens is 2. The molecule has 0 aromatic heterocycles. The Morgan fingerprint density at radius 3 is 2.67 bits per heavy atom. The summed E-state index contributed by atoms with van der Waals surface area (Å²) in [6.45, 7) is -0.995. The molecular formula is C10H15F2NO5. The lowest BCUT2D eigenvalue weighted by atomic mass is 10.2. The summed E-state index contributed by atoms with van der Waals surface area (Å²) in [6, 6.07) is -1.05. The Morgan fingerprint density at radius 2 is 2.11 bits per heavy atom. The van der Waals surface area contributed by atoms with Crippen LogP contribution in [-0.2, 0) is 14.3 Å². The second-order valence-corrected chi connectivity index (χ2v) is 4.01. The first kappa shape index (κ1) is 14.8. The molecule has 0 aliphatic carbocycles. The van der Waals surface area contributed by atoms with Crippen molar-refractivity contribution in [3.63, 3.8) is 0 Å². The zero-order chi connectivity index (χ0) is 13.7. The average Bonchev–Trinajstić information content (AvgIpc) is 2.66. The van der Waals surface area contributed by atoms with E-state index < -0.39 is 37.1 Å². The predicted molar refractivity (Wildman–Crippen MR) is 55.2 cm³/mol. The number of aliphatic hydroxyl groups is 1. The molecule has 0 radical (unpaired) electrons. The summed E-state index contributed by atoms with van der Waals surface area (Å²) >= 11 is 0. The summed E-state index contributed by atoms with van der Waals surface area (Å²) in [7, 11) is 0. The summed E-state index contributed by atoms with van der Waals surface area (Å²) in [6.07, 6.45) is -3.65. The number of aliphatic hydroxyl groups excluding tert-OH is 1. The number of nitrogens with zero attached hydrogens (tertiary/aromatic N) is 1. The molecule has 2 N–H and O–H groups in total. The molecule has 1 aliphatic rings. The third kappa shape index (κ3) is 4.19. The summed E-state index contributed by atoms with van der Waals surface area (Å²) in [5.74, 6) is -1.71. The highest BCUT2D eigenvalue weighted by atomic mass is 19.3. The minimum Gasteiger partial charge on any atom is -0.480 e. The number of rotatable bonds is 6. The van der Waals surface area contributed by atoms with Gasteiger partial charge in [0.15, 0.2) is 0 Å². The quantitative estimate of drug-likeness (QED) is 0.645. The second-order valence-electron chi connectivity index (χ2n) is 4.01. The minimum absolute atomic E-state index is 0.0149. The Morgan fingerprint density at radius 1 is 1.44 bits per heavy atom. The van der Waals surface area contributed by atoms with Crippen LogP contribution in [-0.4, -0.2) is 65.3 Å². The number of hydrogen-bond donors (Lipinski definition) is 2. The summed E-state index contributed by atoms with van der Waals surface area (Å²) < 4.78 is 28.0. The lowest BCUT2D eigenvalue weighted by Crippen LogP contribution is -2.41. The molecule has 1 heterocycles. The number of carboxylic acids is 1. The van der Waals surface area contributed by atoms with Gasteiger partial charge in [-0.25, -0.2) is 13.6 Å². The third-order valence-corrected chi connectivity index (χ3v) is 2.59. The van der Waals surface area contributed by atoms with Crippen molar-refractivity contribution in [2.75, 3.05) is 19.8 Å². The van der Waals surface area contributed by atoms with E-state index in [0.717, 1.165) is 4.90 Å². The van der Waals surface area contributed by atoms with Gasteiger partial charge in [0.2, 0.25) is 5.91 Å². The van der Waals surface area contributed by atoms with Gasteiger partial charge in [-0.1, -0.05) is 0 Å². The van der Waals surface area contributed by atoms with E-state index in [1.807, 2.05) is 0 Å². The first-order valence-corrected chi connectivity index (χ1v) is 5.48. The fraction of sp³-hybridized carbons (Fsp3) is 0.800. The zero-order valence-corrected chi connectivity index (χ0v) is 9.59. The van der Waals surface area contributed by atoms with Crippen molar-refractivity contribution in [3.8, 4) is 0 Å². The Bertz CT molecular complexity index is 313. The normalized spacial score (nSPS) is 23.7. The predicted octanol–water partition coefficient (Wildman–Crippen LogP) is -0.295. The monoisotopic (exact) mass is 267 g/mol. The van der Waals surface area contributed by atoms with Crippen LogP contribution in [0, 0.1) is 0 Å². The van der Waals surface area contributed by atoms with Crippen LogP contribution in [0.4, 0.5) is 8.78 Å². The van der Waals surface area contributed by atoms with Crippen LogP contribution in [0.5, 0.6) is 0 Å². The lowest BCUT2D eigenvalue weighted by molar-refractivity contribution is -0.148. The maximum Gasteiger partial charge on any atom is 0.326 e. The van der Waals surface area contributed by atoms with Gasteiger partial charge in [0.1, 0.15) is 12.6 Å². The fourth-order valence-electron chi connectivity index (χ4n) is 1.80. The number of ether oxygens (including phenoxy) is 1. The molecule has 2 atom stereocenters. The topological polar surface area (TPSA) is 87.1 Å². The summed E-state index contributed by atoms with van der Waals surface area (Å²) in [4.78, 5) is 23.5. The molecule has 1 saturated heterocycles. The average molecular weight is 267 g/mol. The number of hydrogen-bond acceptors (Lipinski definition) is 4. The molecule has 6 nitrogen and oxygen atoms in total. The van der Waals surface area contributed by atoms with E-state index in [9.17, 15) is 23.5 Å². The number of alkyl halides is 2. The van der Waals surface area contributed by atoms with Gasteiger partial charge in [-0.15, -0.1) is 0 Å². The molecule has 0 spiro atoms. The van der Waals surface area contributed by atoms with Crippen LogP contribution in [0.15, 0.2) is 0 Å². The van der Waals surface area contributed by atoms with Crippen LogP contribution in [0.3, 0.4) is 0 Å². The molecule has 0 bridgehead atoms. The highest BCUT2D eigenvalue weighted by Gasteiger charge is 2.38. The lowest BCUT2D eigenvalue weighted by Gasteiger charge is -2.21. The Balaban J connectivity index is 2.38. The molecule has 18 heavy (non-hydrogen) atoms. The molecule has 1 fully saturated rings. The molecule has 8 heteroatoms. The van der Waals surface area contributed by atoms with E-state index in [4.69, 9.17) is 5.11 Å². The standard InChI is InChI=1S/C10H15F2NO5/c11-8(12)5-18-2-1-9(15)13-4-6(14)3-7(13)10(16)17/h6-8,14H,1-5H2,(H,16,17). The van der Waals surface area contributed by atoms with Gasteiger partial charge in [0, 0.05) is 13.0 Å². The SMILES string of the molecule is O=C(O)C1CC(O)CN1C(=O)CCOCC(F)F. The van der Waals surface area contributed by atoms with Crippen molar-refractivity contribution in [3.05, 3.63) is 0 Å². The summed E-state index contributed by atoms with van der Waals surface area (Å²) in [5, 5.41) is 18.2. The van der Waals surface area contributed by atoms with Crippen molar-refractivity contribution < 1.29 is 33.3 Å². The molecule has 0 saturated carbocycles. The molecule has 1 aliphatic heterocycles. The molecule has 2 unspecified atom stereocenters. The Labute approximate surface area is 102 Å². The van der Waals surface area contributed by atoms with Gasteiger partial charge in [0.25, 0.3) is 6.43 Å². The number of β-amino-alcohol motifs (C(OH)–C–C–N with tert-alkyl or cyclic N) is 1. The van der Waals surface area contributed by atoms with Crippen molar-refractivity contribution in [2.45, 2.75) is 31.4 Å². The zero-order valence-electron chi connectivity index (χ0n) is 9.59.